The van der Waals surface area contributed by atoms with E-state index >= 15 is 0 Å². The number of halogens is 1. The normalized spacial score (nSPS) is 11.4. The van der Waals surface area contributed by atoms with E-state index in [2.05, 4.69) is 57.1 Å². The lowest BCUT2D eigenvalue weighted by atomic mass is 9.77. The van der Waals surface area contributed by atoms with Gasteiger partial charge in [-0.2, -0.15) is 5.10 Å². The molecule has 2 N–H and O–H groups in total. The minimum Gasteiger partial charge on any atom is -0.443 e. The average Bonchev–Trinajstić information content (AvgIpc) is 3.61. The number of ether oxygens (including phenoxy) is 1. The van der Waals surface area contributed by atoms with Crippen LogP contribution in [0.15, 0.2) is 140 Å². The number of anilines is 4. The van der Waals surface area contributed by atoms with Crippen LogP contribution >= 0.6 is 11.6 Å². The van der Waals surface area contributed by atoms with Gasteiger partial charge in [0, 0.05) is 25.2 Å². The number of amides is 2. The fourth-order valence-electron chi connectivity index (χ4n) is 6.29. The number of nitrogens with zero attached hydrogens (tertiary/aromatic N) is 5. The Hall–Kier alpha value is -6.13. The molecule has 276 valence electrons. The number of nitrogens with one attached hydrogen (secondary N) is 2. The number of hydrogen-bond donors (Lipinski definition) is 2. The first-order chi connectivity index (χ1) is 25.9. The summed E-state index contributed by atoms with van der Waals surface area (Å²) in [4.78, 5) is 34.8. The maximum Gasteiger partial charge on any atom is 0.416 e. The molecule has 0 aliphatic heterocycles. The largest absolute Gasteiger partial charge is 0.443 e. The smallest absolute Gasteiger partial charge is 0.416 e. The molecule has 6 rings (SSSR count). The van der Waals surface area contributed by atoms with Crippen molar-refractivity contribution in [3.8, 4) is 0 Å². The van der Waals surface area contributed by atoms with Gasteiger partial charge >= 0.3 is 6.09 Å². The zero-order valence-corrected chi connectivity index (χ0v) is 31.8. The molecule has 0 bridgehead atoms. The van der Waals surface area contributed by atoms with E-state index in [-0.39, 0.29) is 12.5 Å². The molecule has 0 atom stereocenters. The van der Waals surface area contributed by atoms with Crippen molar-refractivity contribution in [2.75, 3.05) is 41.1 Å². The molecule has 0 unspecified atom stereocenters. The van der Waals surface area contributed by atoms with Crippen LogP contribution in [0.3, 0.4) is 0 Å². The summed E-state index contributed by atoms with van der Waals surface area (Å²) < 4.78 is 7.66. The van der Waals surface area contributed by atoms with E-state index in [1.807, 2.05) is 105 Å². The predicted octanol–water partition coefficient (Wildman–Crippen LogP) is 9.10. The molecular formula is C43H44ClN7O3. The zero-order chi connectivity index (χ0) is 38.3. The van der Waals surface area contributed by atoms with E-state index in [1.165, 1.54) is 11.1 Å². The third kappa shape index (κ3) is 8.56. The molecule has 2 amide bonds. The highest BCUT2D eigenvalue weighted by Gasteiger charge is 2.37. The number of benzene rings is 4. The summed E-state index contributed by atoms with van der Waals surface area (Å²) in [5, 5.41) is 12.0. The second kappa shape index (κ2) is 16.3. The molecule has 0 saturated carbocycles. The highest BCUT2D eigenvalue weighted by atomic mass is 35.5. The maximum atomic E-state index is 13.7. The van der Waals surface area contributed by atoms with Crippen LogP contribution in [0.25, 0.3) is 0 Å². The molecule has 0 radical (unpaired) electrons. The van der Waals surface area contributed by atoms with E-state index < -0.39 is 17.2 Å². The lowest BCUT2D eigenvalue weighted by Gasteiger charge is -2.38. The third-order valence-corrected chi connectivity index (χ3v) is 9.01. The Morgan fingerprint density at radius 2 is 1.39 bits per heavy atom. The second-order valence-corrected chi connectivity index (χ2v) is 14.4. The highest BCUT2D eigenvalue weighted by Crippen LogP contribution is 2.40. The van der Waals surface area contributed by atoms with E-state index in [0.717, 1.165) is 22.5 Å². The summed E-state index contributed by atoms with van der Waals surface area (Å²) in [5.41, 5.74) is 3.25. The number of aromatic nitrogens is 3. The fraction of sp³-hybridized carbons (Fsp3) is 0.209. The third-order valence-electron chi connectivity index (χ3n) is 8.77. The monoisotopic (exact) mass is 741 g/mol. The van der Waals surface area contributed by atoms with Gasteiger partial charge in [-0.25, -0.2) is 14.5 Å². The molecule has 0 saturated heterocycles. The van der Waals surface area contributed by atoms with Crippen molar-refractivity contribution in [1.82, 2.24) is 14.8 Å². The first kappa shape index (κ1) is 37.6. The summed E-state index contributed by atoms with van der Waals surface area (Å²) >= 11 is 6.19. The van der Waals surface area contributed by atoms with Gasteiger partial charge in [0.25, 0.3) is 5.91 Å². The van der Waals surface area contributed by atoms with Gasteiger partial charge in [0.2, 0.25) is 0 Å². The van der Waals surface area contributed by atoms with E-state index in [4.69, 9.17) is 16.3 Å². The molecule has 2 heterocycles. The molecule has 0 fully saturated rings. The topological polar surface area (TPSA) is 105 Å². The number of carbonyl (C=O) groups is 2. The van der Waals surface area contributed by atoms with Gasteiger partial charge < -0.3 is 20.3 Å². The fourth-order valence-corrected chi connectivity index (χ4v) is 6.45. The second-order valence-electron chi connectivity index (χ2n) is 14.0. The molecule has 11 heteroatoms. The van der Waals surface area contributed by atoms with Crippen LogP contribution in [0.1, 0.15) is 47.8 Å². The number of carbonyl (C=O) groups excluding carboxylic acids is 2. The van der Waals surface area contributed by atoms with Gasteiger partial charge in [0.15, 0.2) is 0 Å². The van der Waals surface area contributed by atoms with Crippen molar-refractivity contribution in [1.29, 1.82) is 0 Å². The lowest BCUT2D eigenvalue weighted by Crippen LogP contribution is -2.40. The first-order valence-corrected chi connectivity index (χ1v) is 18.0. The molecule has 0 aliphatic rings. The Labute approximate surface area is 321 Å². The number of hydrogen-bond acceptors (Lipinski definition) is 7. The predicted molar refractivity (Wildman–Crippen MR) is 217 cm³/mol. The zero-order valence-electron chi connectivity index (χ0n) is 31.0. The minimum atomic E-state index is -0.770. The Morgan fingerprint density at radius 3 is 1.91 bits per heavy atom. The molecular weight excluding hydrogens is 698 g/mol. The van der Waals surface area contributed by atoms with Gasteiger partial charge in [0.05, 0.1) is 42.4 Å². The molecule has 54 heavy (non-hydrogen) atoms. The van der Waals surface area contributed by atoms with Crippen molar-refractivity contribution in [3.05, 3.63) is 167 Å². The maximum absolute atomic E-state index is 13.7. The van der Waals surface area contributed by atoms with E-state index in [0.29, 0.717) is 34.3 Å². The van der Waals surface area contributed by atoms with Crippen LogP contribution in [0.5, 0.6) is 0 Å². The van der Waals surface area contributed by atoms with Gasteiger partial charge in [-0.1, -0.05) is 103 Å². The van der Waals surface area contributed by atoms with Crippen LogP contribution in [-0.2, 0) is 16.8 Å². The van der Waals surface area contributed by atoms with Crippen LogP contribution in [0.2, 0.25) is 5.02 Å². The quantitative estimate of drug-likeness (QED) is 0.121. The molecule has 10 nitrogen and oxygen atoms in total. The molecule has 6 aromatic rings. The Balaban J connectivity index is 1.29. The number of pyridine rings is 1. The average molecular weight is 742 g/mol. The van der Waals surface area contributed by atoms with Crippen molar-refractivity contribution >= 4 is 46.6 Å². The summed E-state index contributed by atoms with van der Waals surface area (Å²) in [6.45, 7) is 5.96. The summed E-state index contributed by atoms with van der Waals surface area (Å²) in [6, 6.07) is 41.4. The standard InChI is InChI=1S/C43H44ClN7O3/c1-42(2,3)54-41(53)50(38-24-22-35(30-45-38)47-40(52)36-23-21-34(44)29-37(36)49(4)5)27-28-51-39(25-26-46-51)48-43(31-15-9-6-10-16-31,32-17-11-7-12-18-32)33-19-13-8-14-20-33/h6-26,29-30,48H,27-28H2,1-5H3,(H,47,52). The minimum absolute atomic E-state index is 0.190. The van der Waals surface area contributed by atoms with Crippen LogP contribution in [0.4, 0.5) is 27.8 Å². The molecule has 0 aliphatic carbocycles. The Kier molecular flexibility index (Phi) is 11.3. The molecule has 4 aromatic carbocycles. The Bertz CT molecular complexity index is 2070. The Morgan fingerprint density at radius 1 is 0.796 bits per heavy atom. The SMILES string of the molecule is CN(C)c1cc(Cl)ccc1C(=O)Nc1ccc(N(CCn2nccc2NC(c2ccccc2)(c2ccccc2)c2ccccc2)C(=O)OC(C)(C)C)nc1. The van der Waals surface area contributed by atoms with E-state index in [9.17, 15) is 9.59 Å². The van der Waals surface area contributed by atoms with Gasteiger partial charge in [-0.05, 0) is 67.8 Å². The molecule has 0 spiro atoms. The summed E-state index contributed by atoms with van der Waals surface area (Å²) in [7, 11) is 3.69. The highest BCUT2D eigenvalue weighted by molar-refractivity contribution is 6.31. The van der Waals surface area contributed by atoms with Gasteiger partial charge in [-0.3, -0.25) is 9.69 Å². The van der Waals surface area contributed by atoms with E-state index in [1.54, 1.807) is 36.5 Å². The van der Waals surface area contributed by atoms with Crippen molar-refractivity contribution in [2.45, 2.75) is 38.5 Å². The summed E-state index contributed by atoms with van der Waals surface area (Å²) in [5.74, 6) is 0.794. The lowest BCUT2D eigenvalue weighted by molar-refractivity contribution is 0.0577. The van der Waals surface area contributed by atoms with Crippen LogP contribution in [-0.4, -0.2) is 53.0 Å². The van der Waals surface area contributed by atoms with Crippen molar-refractivity contribution < 1.29 is 14.3 Å². The van der Waals surface area contributed by atoms with Crippen molar-refractivity contribution in [2.24, 2.45) is 0 Å². The van der Waals surface area contributed by atoms with Crippen LogP contribution in [0, 0.1) is 0 Å². The molecule has 2 aromatic heterocycles. The summed E-state index contributed by atoms with van der Waals surface area (Å²) in [6.07, 6.45) is 2.70. The first-order valence-electron chi connectivity index (χ1n) is 17.7. The van der Waals surface area contributed by atoms with Crippen LogP contribution < -0.4 is 20.4 Å². The van der Waals surface area contributed by atoms with Gasteiger partial charge in [-0.15, -0.1) is 0 Å². The van der Waals surface area contributed by atoms with Gasteiger partial charge in [0.1, 0.15) is 22.8 Å². The van der Waals surface area contributed by atoms with Crippen molar-refractivity contribution in [3.63, 3.8) is 0 Å². The number of rotatable bonds is 12.